The minimum absolute atomic E-state index is 0.0666. The number of halogens is 1. The second-order valence-electron chi connectivity index (χ2n) is 19.0. The van der Waals surface area contributed by atoms with E-state index in [1.165, 1.54) is 58.7 Å². The van der Waals surface area contributed by atoms with E-state index in [4.69, 9.17) is 41.4 Å². The van der Waals surface area contributed by atoms with Gasteiger partial charge in [-0.1, -0.05) is 110 Å². The van der Waals surface area contributed by atoms with Crippen molar-refractivity contribution in [2.45, 2.75) is 163 Å². The third-order valence-electron chi connectivity index (χ3n) is 12.6. The molecule has 0 saturated carbocycles. The summed E-state index contributed by atoms with van der Waals surface area (Å²) in [5.41, 5.74) is 5.56. The van der Waals surface area contributed by atoms with E-state index in [0.717, 1.165) is 16.0 Å². The zero-order valence-corrected chi connectivity index (χ0v) is 50.8. The lowest BCUT2D eigenvalue weighted by Crippen LogP contribution is -2.63. The van der Waals surface area contributed by atoms with Crippen molar-refractivity contribution in [3.05, 3.63) is 95.3 Å². The van der Waals surface area contributed by atoms with Gasteiger partial charge in [0.05, 0.1) is 31.0 Å². The summed E-state index contributed by atoms with van der Waals surface area (Å²) in [5, 5.41) is 33.2. The maximum absolute atomic E-state index is 13.2. The number of carboxylic acid groups (broad SMARTS) is 1. The number of aliphatic carboxylic acids is 1. The number of rotatable bonds is 17. The number of fused-ring (bicyclic) bond motifs is 5. The average molecular weight is 1160 g/mol. The van der Waals surface area contributed by atoms with Crippen molar-refractivity contribution in [3.8, 4) is 5.75 Å². The molecule has 8 atom stereocenters. The molecule has 3 heterocycles. The summed E-state index contributed by atoms with van der Waals surface area (Å²) in [5.74, 6) is -3.25. The van der Waals surface area contributed by atoms with E-state index in [1.54, 1.807) is 31.2 Å². The van der Waals surface area contributed by atoms with E-state index < -0.39 is 77.3 Å². The number of ether oxygens (including phenoxy) is 4. The number of anilines is 1. The van der Waals surface area contributed by atoms with E-state index >= 15 is 0 Å². The first-order valence-electron chi connectivity index (χ1n) is 27.1. The van der Waals surface area contributed by atoms with Crippen molar-refractivity contribution in [1.82, 2.24) is 31.5 Å². The van der Waals surface area contributed by atoms with E-state index in [0.29, 0.717) is 35.7 Å². The van der Waals surface area contributed by atoms with Crippen molar-refractivity contribution >= 4 is 64.9 Å². The number of carboxylic acids is 1. The number of hydrogen-bond donors (Lipinski definition) is 8. The van der Waals surface area contributed by atoms with Crippen LogP contribution in [0.5, 0.6) is 5.75 Å². The molecule has 0 radical (unpaired) electrons. The van der Waals surface area contributed by atoms with E-state index in [9.17, 15) is 43.5 Å². The maximum Gasteiger partial charge on any atom is 0.409 e. The Hall–Kier alpha value is -7.01. The molecule has 22 nitrogen and oxygen atoms in total. The predicted molar refractivity (Wildman–Crippen MR) is 314 cm³/mol. The van der Waals surface area contributed by atoms with Gasteiger partial charge in [0.2, 0.25) is 23.6 Å². The second kappa shape index (κ2) is 37.1. The summed E-state index contributed by atoms with van der Waals surface area (Å²) in [7, 11) is 6.07. The SMILES string of the molecule is C=C/C(=C\C=C(/C=C)C(=O)N(C)[C@@H](C)C(=O)O)NC(=O)C(CCCNC(N)=O)NC(=O)CNC(C)=O.CC.CC.CCC.COc1cc2cc(c1Cl)N(C)C(=O)CC[C@]1(C)OC1[C@H](C)C1C[C@@](O)(NC(=O)O1)[C@H](OC)/C=C/C=C(\C)C2. The fraction of sp³-hybridized carbons (Fsp3) is 0.552. The Morgan fingerprint density at radius 2 is 1.69 bits per heavy atom. The van der Waals surface area contributed by atoms with Crippen molar-refractivity contribution in [1.29, 1.82) is 0 Å². The number of amides is 8. The molecule has 1 aromatic rings. The van der Waals surface area contributed by atoms with Gasteiger partial charge in [0.1, 0.15) is 35.1 Å². The molecule has 2 fully saturated rings. The largest absolute Gasteiger partial charge is 0.495 e. The van der Waals surface area contributed by atoms with Crippen LogP contribution >= 0.6 is 11.6 Å². The summed E-state index contributed by atoms with van der Waals surface area (Å²) in [4.78, 5) is 98.8. The molecule has 3 aliphatic heterocycles. The molecule has 81 heavy (non-hydrogen) atoms. The van der Waals surface area contributed by atoms with E-state index in [1.807, 2.05) is 66.7 Å². The molecular formula is C58H91ClN8O14. The number of nitrogens with one attached hydrogen (secondary N) is 5. The van der Waals surface area contributed by atoms with Crippen LogP contribution < -0.4 is 42.0 Å². The maximum atomic E-state index is 13.2. The molecular weight excluding hydrogens is 1070 g/mol. The van der Waals surface area contributed by atoms with Crippen LogP contribution in [0.4, 0.5) is 15.3 Å². The number of carbonyl (C=O) groups is 8. The summed E-state index contributed by atoms with van der Waals surface area (Å²) in [6.07, 6.45) is 11.4. The third-order valence-corrected chi connectivity index (χ3v) is 13.0. The quantitative estimate of drug-likeness (QED) is 0.0341. The molecule has 0 spiro atoms. The van der Waals surface area contributed by atoms with Crippen LogP contribution in [-0.4, -0.2) is 146 Å². The normalized spacial score (nSPS) is 23.1. The molecule has 454 valence electrons. The molecule has 8 amide bonds. The molecule has 0 aliphatic carbocycles. The highest BCUT2D eigenvalue weighted by atomic mass is 35.5. The van der Waals surface area contributed by atoms with Crippen LogP contribution in [-0.2, 0) is 49.4 Å². The molecule has 23 heteroatoms. The van der Waals surface area contributed by atoms with Crippen LogP contribution in [0.25, 0.3) is 0 Å². The fourth-order valence-electron chi connectivity index (χ4n) is 8.04. The van der Waals surface area contributed by atoms with Crippen LogP contribution in [0.2, 0.25) is 5.02 Å². The summed E-state index contributed by atoms with van der Waals surface area (Å²) in [6, 6.07) is 0.919. The second-order valence-corrected chi connectivity index (χ2v) is 19.3. The standard InChI is InChI=1S/C28H37ClN2O7.C23H34N6O7.C3H8.2C2H6/c1-16-8-7-9-22(36-6)28(34)15-21(37-26(33)30-28)17(2)25-27(3,38-25)11-10-23(32)31(4)19-13-18(12-16)14-20(35-5)24(19)29;1-6-16(21(33)29(5)14(3)22(34)35)10-11-17(7-2)27-20(32)18(9-8-12-25-23(24)36)28-19(31)13-26-15(4)30;1-3-2;2*1-2/h7-9,13-14,17,21-22,25,34H,10-12,15H2,1-6H3,(H,30,33);6-7,10-11,14,18H,1-2,8-9,12-13H2,3-5H3,(H,26,30)(H,27,32)(H,28,31)(H,34,35)(H3,24,25,36);3H2,1-2H3;2*1-2H3/b9-7+,16-8+;16-10+,17-11+;;;/t17-,21?,22-,25?,27+,28+;14-,18?;;;/m10.../s1. The number of alkyl carbamates (subject to hydrolysis) is 1. The number of carbonyl (C=O) groups excluding carboxylic acids is 7. The van der Waals surface area contributed by atoms with Crippen LogP contribution in [0.1, 0.15) is 120 Å². The number of benzene rings is 1. The number of likely N-dealkylation sites (N-methyl/N-ethyl adjacent to an activating group) is 1. The molecule has 2 saturated heterocycles. The molecule has 3 aliphatic rings. The van der Waals surface area contributed by atoms with Gasteiger partial charge in [0.25, 0.3) is 5.91 Å². The van der Waals surface area contributed by atoms with Crippen molar-refractivity contribution in [2.75, 3.05) is 46.3 Å². The summed E-state index contributed by atoms with van der Waals surface area (Å²) < 4.78 is 22.7. The summed E-state index contributed by atoms with van der Waals surface area (Å²) >= 11 is 6.61. The van der Waals surface area contributed by atoms with Gasteiger partial charge in [-0.25, -0.2) is 14.4 Å². The molecule has 1 aromatic carbocycles. The first-order chi connectivity index (χ1) is 38.1. The van der Waals surface area contributed by atoms with Crippen molar-refractivity contribution < 1.29 is 67.5 Å². The number of allylic oxidation sites excluding steroid dienone is 6. The smallest absolute Gasteiger partial charge is 0.409 e. The van der Waals surface area contributed by atoms with Crippen molar-refractivity contribution in [3.63, 3.8) is 0 Å². The Morgan fingerprint density at radius 1 is 1.06 bits per heavy atom. The monoisotopic (exact) mass is 1160 g/mol. The summed E-state index contributed by atoms with van der Waals surface area (Å²) in [6.45, 7) is 27.7. The zero-order valence-electron chi connectivity index (χ0n) is 50.1. The van der Waals surface area contributed by atoms with Gasteiger partial charge < -0.3 is 66.0 Å². The van der Waals surface area contributed by atoms with Crippen LogP contribution in [0.15, 0.2) is 84.7 Å². The Balaban J connectivity index is 0.00000143. The van der Waals surface area contributed by atoms with Gasteiger partial charge >= 0.3 is 18.1 Å². The van der Waals surface area contributed by atoms with Crippen LogP contribution in [0, 0.1) is 5.92 Å². The minimum atomic E-state index is -1.66. The van der Waals surface area contributed by atoms with E-state index in [2.05, 4.69) is 53.6 Å². The zero-order chi connectivity index (χ0) is 62.4. The topological polar surface area (TPSA) is 310 Å². The minimum Gasteiger partial charge on any atom is -0.495 e. The van der Waals surface area contributed by atoms with Gasteiger partial charge in [0.15, 0.2) is 5.72 Å². The van der Waals surface area contributed by atoms with Gasteiger partial charge in [0, 0.05) is 64.7 Å². The van der Waals surface area contributed by atoms with Gasteiger partial charge in [-0.2, -0.15) is 0 Å². The Labute approximate surface area is 484 Å². The number of urea groups is 1. The predicted octanol–water partition coefficient (Wildman–Crippen LogP) is 6.90. The Morgan fingerprint density at radius 3 is 2.23 bits per heavy atom. The Kier molecular flexibility index (Phi) is 33.9. The number of nitrogens with zero attached hydrogens (tertiary/aromatic N) is 2. The lowest BCUT2D eigenvalue weighted by molar-refractivity contribution is -0.146. The molecule has 3 unspecified atom stereocenters. The van der Waals surface area contributed by atoms with Crippen LogP contribution in [0.3, 0.4) is 0 Å². The average Bonchev–Trinajstić information content (AvgIpc) is 4.11. The molecule has 0 aromatic heterocycles. The number of primary amides is 1. The first kappa shape index (κ1) is 74.0. The third kappa shape index (κ3) is 24.3. The number of epoxide rings is 1. The molecule has 9 N–H and O–H groups in total. The van der Waals surface area contributed by atoms with Gasteiger partial charge in [-0.3, -0.25) is 29.3 Å². The molecule has 4 bridgehead atoms. The van der Waals surface area contributed by atoms with Gasteiger partial charge in [-0.05, 0) is 82.4 Å². The highest BCUT2D eigenvalue weighted by Crippen LogP contribution is 2.48. The lowest BCUT2D eigenvalue weighted by atomic mass is 9.84. The lowest BCUT2D eigenvalue weighted by Gasteiger charge is -2.42. The highest BCUT2D eigenvalue weighted by molar-refractivity contribution is 6.35. The van der Waals surface area contributed by atoms with Gasteiger partial charge in [-0.15, -0.1) is 0 Å². The Bertz CT molecular complexity index is 2450. The van der Waals surface area contributed by atoms with E-state index in [-0.39, 0.29) is 61.6 Å². The highest BCUT2D eigenvalue weighted by Gasteiger charge is 2.59. The fourth-order valence-corrected chi connectivity index (χ4v) is 8.36. The first-order valence-corrected chi connectivity index (χ1v) is 27.5. The molecule has 4 rings (SSSR count). The number of hydrogen-bond acceptors (Lipinski definition) is 13. The number of methoxy groups -OCH3 is 2. The number of aliphatic hydroxyl groups is 1. The number of nitrogens with two attached hydrogens (primary N) is 1. The van der Waals surface area contributed by atoms with Crippen molar-refractivity contribution in [2.24, 2.45) is 11.7 Å².